The lowest BCUT2D eigenvalue weighted by Crippen LogP contribution is -2.62. The highest BCUT2D eigenvalue weighted by Gasteiger charge is 2.55. The predicted molar refractivity (Wildman–Crippen MR) is 138 cm³/mol. The van der Waals surface area contributed by atoms with Gasteiger partial charge in [-0.05, 0) is 18.2 Å². The predicted octanol–water partition coefficient (Wildman–Crippen LogP) is -1.95. The van der Waals surface area contributed by atoms with Gasteiger partial charge in [0.2, 0.25) is 12.0 Å². The number of esters is 4. The van der Waals surface area contributed by atoms with Crippen molar-refractivity contribution in [3.8, 4) is 34.5 Å². The second-order valence-corrected chi connectivity index (χ2v) is 10.4. The standard InChI is InChI=1S/C27H24O19/c28-5-12-20-19(37)22(27(42-12)46-23(38)6-1-9(29)16(34)10(30)2-6)45-24(39)7-3-11(31)17(35)21-15(7)14(18(36)26(41)44-21)8(4-13(32)33)25(40)43-20/h1-3,8,12,14,18-20,22,27-31,34-37H,4-5H2,(H,32,33)/t8-,12-,14-,18+,19+,20-,22-,27+/m1/s1. The molecule has 3 aliphatic heterocycles. The monoisotopic (exact) mass is 652 g/mol. The summed E-state index contributed by atoms with van der Waals surface area (Å²) in [4.78, 5) is 64.4. The summed E-state index contributed by atoms with van der Waals surface area (Å²) < 4.78 is 26.2. The van der Waals surface area contributed by atoms with Crippen LogP contribution in [-0.4, -0.2) is 119 Å². The first-order chi connectivity index (χ1) is 21.6. The van der Waals surface area contributed by atoms with Gasteiger partial charge >= 0.3 is 29.8 Å². The molecule has 9 N–H and O–H groups in total. The molecule has 0 aromatic heterocycles. The lowest BCUT2D eigenvalue weighted by molar-refractivity contribution is -0.288. The van der Waals surface area contributed by atoms with Crippen molar-refractivity contribution in [1.29, 1.82) is 0 Å². The minimum atomic E-state index is -2.35. The molecule has 0 saturated carbocycles. The minimum Gasteiger partial charge on any atom is -0.504 e. The first kappa shape index (κ1) is 32.0. The number of carboxylic acids is 1. The molecule has 0 spiro atoms. The normalized spacial score (nSPS) is 28.9. The van der Waals surface area contributed by atoms with Crippen molar-refractivity contribution in [2.24, 2.45) is 5.92 Å². The molecule has 2 aromatic rings. The molecular weight excluding hydrogens is 628 g/mol. The molecule has 2 bridgehead atoms. The van der Waals surface area contributed by atoms with Gasteiger partial charge in [0.1, 0.15) is 12.2 Å². The molecule has 2 aromatic carbocycles. The van der Waals surface area contributed by atoms with E-state index in [1.54, 1.807) is 0 Å². The summed E-state index contributed by atoms with van der Waals surface area (Å²) in [5, 5.41) is 91.4. The summed E-state index contributed by atoms with van der Waals surface area (Å²) in [5.74, 6) is -17.6. The number of aliphatic carboxylic acids is 1. The second-order valence-electron chi connectivity index (χ2n) is 10.4. The zero-order chi connectivity index (χ0) is 33.8. The van der Waals surface area contributed by atoms with Crippen LogP contribution >= 0.6 is 0 Å². The molecule has 1 saturated heterocycles. The zero-order valence-corrected chi connectivity index (χ0v) is 22.9. The summed E-state index contributed by atoms with van der Waals surface area (Å²) in [7, 11) is 0. The van der Waals surface area contributed by atoms with Crippen LogP contribution in [0.4, 0.5) is 0 Å². The Labute approximate surface area is 254 Å². The van der Waals surface area contributed by atoms with Crippen LogP contribution < -0.4 is 4.74 Å². The highest BCUT2D eigenvalue weighted by Crippen LogP contribution is 2.51. The number of carboxylic acid groups (broad SMARTS) is 1. The molecule has 8 atom stereocenters. The van der Waals surface area contributed by atoms with Gasteiger partial charge in [-0.1, -0.05) is 0 Å². The first-order valence-corrected chi connectivity index (χ1v) is 13.2. The summed E-state index contributed by atoms with van der Waals surface area (Å²) in [6.45, 7) is -1.06. The van der Waals surface area contributed by atoms with E-state index in [2.05, 4.69) is 0 Å². The van der Waals surface area contributed by atoms with E-state index in [1.807, 2.05) is 0 Å². The molecule has 46 heavy (non-hydrogen) atoms. The van der Waals surface area contributed by atoms with Gasteiger partial charge < -0.3 is 69.6 Å². The van der Waals surface area contributed by atoms with E-state index < -0.39 is 143 Å². The summed E-state index contributed by atoms with van der Waals surface area (Å²) in [5.41, 5.74) is -2.06. The summed E-state index contributed by atoms with van der Waals surface area (Å²) in [6, 6.07) is 1.92. The average Bonchev–Trinajstić information content (AvgIpc) is 3.00. The maximum Gasteiger partial charge on any atom is 0.341 e. The van der Waals surface area contributed by atoms with Crippen LogP contribution in [0.3, 0.4) is 0 Å². The van der Waals surface area contributed by atoms with Crippen molar-refractivity contribution in [3.63, 3.8) is 0 Å². The Morgan fingerprint density at radius 3 is 2.09 bits per heavy atom. The number of hydrogen-bond acceptors (Lipinski definition) is 18. The first-order valence-electron chi connectivity index (χ1n) is 13.2. The molecule has 19 nitrogen and oxygen atoms in total. The Balaban J connectivity index is 1.64. The fourth-order valence-electron chi connectivity index (χ4n) is 5.40. The number of carbonyl (C=O) groups is 5. The third-order valence-corrected chi connectivity index (χ3v) is 7.56. The van der Waals surface area contributed by atoms with Gasteiger partial charge in [-0.15, -0.1) is 0 Å². The van der Waals surface area contributed by atoms with Crippen molar-refractivity contribution in [2.75, 3.05) is 6.61 Å². The average molecular weight is 652 g/mol. The number of ether oxygens (including phenoxy) is 5. The number of carbonyl (C=O) groups excluding carboxylic acids is 4. The van der Waals surface area contributed by atoms with Gasteiger partial charge in [0.25, 0.3) is 0 Å². The Morgan fingerprint density at radius 1 is 0.848 bits per heavy atom. The maximum atomic E-state index is 13.6. The van der Waals surface area contributed by atoms with E-state index in [0.29, 0.717) is 18.2 Å². The lowest BCUT2D eigenvalue weighted by atomic mass is 9.76. The fourth-order valence-corrected chi connectivity index (χ4v) is 5.40. The summed E-state index contributed by atoms with van der Waals surface area (Å²) >= 11 is 0. The van der Waals surface area contributed by atoms with Crippen molar-refractivity contribution in [3.05, 3.63) is 34.9 Å². The number of benzene rings is 2. The molecule has 246 valence electrons. The third-order valence-electron chi connectivity index (χ3n) is 7.56. The highest BCUT2D eigenvalue weighted by atomic mass is 16.7. The number of aromatic hydroxyl groups is 5. The van der Waals surface area contributed by atoms with Crippen LogP contribution in [0.2, 0.25) is 0 Å². The van der Waals surface area contributed by atoms with E-state index in [9.17, 15) is 69.9 Å². The van der Waals surface area contributed by atoms with Crippen molar-refractivity contribution < 1.29 is 93.6 Å². The Kier molecular flexibility index (Phi) is 8.26. The molecule has 3 aliphatic rings. The minimum absolute atomic E-state index is 0.573. The highest BCUT2D eigenvalue weighted by molar-refractivity contribution is 5.97. The number of aliphatic hydroxyl groups is 3. The van der Waals surface area contributed by atoms with Crippen molar-refractivity contribution >= 4 is 29.8 Å². The molecule has 0 radical (unpaired) electrons. The van der Waals surface area contributed by atoms with E-state index >= 15 is 0 Å². The molecule has 0 amide bonds. The SMILES string of the molecule is O=C(O)C[C@H]1C(=O)O[C@H]2[C@H](O)[C@@H](OC(=O)c3cc(O)c(O)c4c3[C@@H]1[C@H](O)C(=O)O4)[C@H](OC(=O)c1cc(O)c(O)c(O)c1)O[C@@H]2CO. The largest absolute Gasteiger partial charge is 0.504 e. The van der Waals surface area contributed by atoms with Gasteiger partial charge in [0.15, 0.2) is 47.1 Å². The van der Waals surface area contributed by atoms with Crippen LogP contribution in [0, 0.1) is 5.92 Å². The van der Waals surface area contributed by atoms with Crippen LogP contribution in [-0.2, 0) is 33.3 Å². The molecule has 5 rings (SSSR count). The van der Waals surface area contributed by atoms with E-state index in [-0.39, 0.29) is 0 Å². The molecule has 3 heterocycles. The van der Waals surface area contributed by atoms with Gasteiger partial charge in [-0.2, -0.15) is 0 Å². The fraction of sp³-hybridized carbons (Fsp3) is 0.370. The van der Waals surface area contributed by atoms with Crippen LogP contribution in [0.25, 0.3) is 0 Å². The number of phenolic OH excluding ortho intramolecular Hbond substituents is 5. The number of fused-ring (bicyclic) bond motifs is 2. The Hall–Kier alpha value is -5.37. The van der Waals surface area contributed by atoms with Gasteiger partial charge in [-0.25, -0.2) is 14.4 Å². The zero-order valence-electron chi connectivity index (χ0n) is 22.9. The quantitative estimate of drug-likeness (QED) is 0.0733. The van der Waals surface area contributed by atoms with E-state index in [0.717, 1.165) is 0 Å². The molecule has 0 unspecified atom stereocenters. The number of rotatable bonds is 5. The van der Waals surface area contributed by atoms with Gasteiger partial charge in [0.05, 0.1) is 30.1 Å². The molecule has 19 heteroatoms. The van der Waals surface area contributed by atoms with E-state index in [1.165, 1.54) is 0 Å². The Bertz CT molecular complexity index is 1610. The van der Waals surface area contributed by atoms with Crippen molar-refractivity contribution in [2.45, 2.75) is 49.1 Å². The maximum absolute atomic E-state index is 13.6. The molecule has 1 fully saturated rings. The van der Waals surface area contributed by atoms with E-state index in [4.69, 9.17) is 23.7 Å². The molecule has 0 aliphatic carbocycles. The summed E-state index contributed by atoms with van der Waals surface area (Å²) in [6.07, 6.45) is -13.7. The Morgan fingerprint density at radius 2 is 1.48 bits per heavy atom. The number of hydrogen-bond donors (Lipinski definition) is 9. The lowest BCUT2D eigenvalue weighted by Gasteiger charge is -2.42. The third kappa shape index (κ3) is 5.40. The van der Waals surface area contributed by atoms with Gasteiger partial charge in [-0.3, -0.25) is 9.59 Å². The van der Waals surface area contributed by atoms with Crippen LogP contribution in [0.15, 0.2) is 18.2 Å². The van der Waals surface area contributed by atoms with Crippen LogP contribution in [0.5, 0.6) is 34.5 Å². The van der Waals surface area contributed by atoms with Crippen LogP contribution in [0.1, 0.15) is 38.6 Å². The molecular formula is C27H24O19. The van der Waals surface area contributed by atoms with Gasteiger partial charge in [0, 0.05) is 11.5 Å². The number of phenols is 5. The topological polar surface area (TPSA) is 314 Å². The smallest absolute Gasteiger partial charge is 0.341 e. The number of aliphatic hydroxyl groups excluding tert-OH is 3. The second kappa shape index (κ2) is 11.9. The van der Waals surface area contributed by atoms with Crippen molar-refractivity contribution in [1.82, 2.24) is 0 Å².